The molecular weight excluding hydrogens is 174 g/mol. The number of carbonyl (C=O) groups excluding carboxylic acids is 2. The lowest BCUT2D eigenvalue weighted by Crippen LogP contribution is -2.53. The molecular formula is C7H15N3O3. The second kappa shape index (κ2) is 4.20. The molecule has 0 rings (SSSR count). The van der Waals surface area contributed by atoms with Crippen LogP contribution in [-0.4, -0.2) is 41.0 Å². The van der Waals surface area contributed by atoms with Gasteiger partial charge in [0.2, 0.25) is 0 Å². The summed E-state index contributed by atoms with van der Waals surface area (Å²) in [6.45, 7) is 3.04. The Kier molecular flexibility index (Phi) is 3.83. The van der Waals surface area contributed by atoms with Gasteiger partial charge in [0, 0.05) is 7.05 Å². The number of aliphatic hydroxyl groups is 1. The smallest absolute Gasteiger partial charge is 0.323 e. The number of nitrogens with two attached hydrogens (primary N) is 1. The maximum atomic E-state index is 11.2. The van der Waals surface area contributed by atoms with Gasteiger partial charge >= 0.3 is 11.8 Å². The minimum absolute atomic E-state index is 0.229. The first-order valence-electron chi connectivity index (χ1n) is 3.76. The summed E-state index contributed by atoms with van der Waals surface area (Å²) in [6, 6.07) is 0. The van der Waals surface area contributed by atoms with Crippen LogP contribution >= 0.6 is 0 Å². The molecule has 0 unspecified atom stereocenters. The molecule has 0 spiro atoms. The lowest BCUT2D eigenvalue weighted by atomic mass is 10.1. The Hall–Kier alpha value is -1.14. The summed E-state index contributed by atoms with van der Waals surface area (Å²) in [4.78, 5) is 23.1. The number of nitrogens with zero attached hydrogens (tertiary/aromatic N) is 1. The predicted octanol–water partition coefficient (Wildman–Crippen LogP) is -1.79. The molecule has 76 valence electrons. The summed E-state index contributed by atoms with van der Waals surface area (Å²) < 4.78 is 0. The third kappa shape index (κ3) is 2.67. The van der Waals surface area contributed by atoms with Crippen molar-refractivity contribution in [3.8, 4) is 0 Å². The van der Waals surface area contributed by atoms with E-state index in [1.165, 1.54) is 7.05 Å². The zero-order chi connectivity index (χ0) is 10.6. The Morgan fingerprint density at radius 2 is 2.00 bits per heavy atom. The summed E-state index contributed by atoms with van der Waals surface area (Å²) in [5.41, 5.74) is 0.956. The molecule has 0 bridgehead atoms. The number of carbonyl (C=O) groups is 2. The SMILES string of the molecule is CN(C(=O)C(=O)NN)C(C)(C)CO. The molecule has 2 amide bonds. The van der Waals surface area contributed by atoms with Gasteiger partial charge in [0.05, 0.1) is 12.1 Å². The van der Waals surface area contributed by atoms with E-state index in [0.717, 1.165) is 4.90 Å². The molecule has 0 aromatic carbocycles. The Bertz CT molecular complexity index is 215. The zero-order valence-corrected chi connectivity index (χ0v) is 8.00. The van der Waals surface area contributed by atoms with Crippen molar-refractivity contribution in [1.82, 2.24) is 10.3 Å². The van der Waals surface area contributed by atoms with Crippen LogP contribution in [0.25, 0.3) is 0 Å². The molecule has 0 aromatic rings. The van der Waals surface area contributed by atoms with E-state index in [0.29, 0.717) is 0 Å². The first-order valence-corrected chi connectivity index (χ1v) is 3.76. The molecule has 0 saturated carbocycles. The highest BCUT2D eigenvalue weighted by Crippen LogP contribution is 2.10. The monoisotopic (exact) mass is 189 g/mol. The Morgan fingerprint density at radius 3 is 2.31 bits per heavy atom. The summed E-state index contributed by atoms with van der Waals surface area (Å²) in [5.74, 6) is 3.11. The molecule has 0 atom stereocenters. The number of rotatable bonds is 2. The molecule has 0 saturated heterocycles. The summed E-state index contributed by atoms with van der Waals surface area (Å²) >= 11 is 0. The molecule has 0 aliphatic carbocycles. The molecule has 13 heavy (non-hydrogen) atoms. The van der Waals surface area contributed by atoms with Crippen molar-refractivity contribution < 1.29 is 14.7 Å². The highest BCUT2D eigenvalue weighted by molar-refractivity contribution is 6.34. The van der Waals surface area contributed by atoms with Crippen molar-refractivity contribution in [2.75, 3.05) is 13.7 Å². The van der Waals surface area contributed by atoms with Crippen LogP contribution in [0.4, 0.5) is 0 Å². The van der Waals surface area contributed by atoms with Crippen LogP contribution in [0.15, 0.2) is 0 Å². The molecule has 6 nitrogen and oxygen atoms in total. The maximum Gasteiger partial charge on any atom is 0.323 e. The van der Waals surface area contributed by atoms with Crippen LogP contribution in [0.1, 0.15) is 13.8 Å². The summed E-state index contributed by atoms with van der Waals surface area (Å²) in [5, 5.41) is 8.91. The zero-order valence-electron chi connectivity index (χ0n) is 8.00. The molecule has 4 N–H and O–H groups in total. The van der Waals surface area contributed by atoms with Crippen LogP contribution in [0, 0.1) is 0 Å². The number of hydrogen-bond donors (Lipinski definition) is 3. The fraction of sp³-hybridized carbons (Fsp3) is 0.714. The van der Waals surface area contributed by atoms with Gasteiger partial charge in [0.25, 0.3) is 0 Å². The highest BCUT2D eigenvalue weighted by atomic mass is 16.3. The van der Waals surface area contributed by atoms with Gasteiger partial charge in [0.1, 0.15) is 0 Å². The third-order valence-electron chi connectivity index (χ3n) is 1.92. The van der Waals surface area contributed by atoms with Crippen molar-refractivity contribution in [2.24, 2.45) is 5.84 Å². The minimum Gasteiger partial charge on any atom is -0.394 e. The van der Waals surface area contributed by atoms with Crippen LogP contribution < -0.4 is 11.3 Å². The molecule has 0 aliphatic rings. The van der Waals surface area contributed by atoms with Gasteiger partial charge in [0.15, 0.2) is 0 Å². The fourth-order valence-corrected chi connectivity index (χ4v) is 0.595. The third-order valence-corrected chi connectivity index (χ3v) is 1.92. The fourth-order valence-electron chi connectivity index (χ4n) is 0.595. The van der Waals surface area contributed by atoms with Crippen LogP contribution in [-0.2, 0) is 9.59 Å². The van der Waals surface area contributed by atoms with Crippen LogP contribution in [0.5, 0.6) is 0 Å². The van der Waals surface area contributed by atoms with E-state index in [9.17, 15) is 9.59 Å². The molecule has 0 radical (unpaired) electrons. The number of nitrogens with one attached hydrogen (secondary N) is 1. The molecule has 0 aliphatic heterocycles. The Balaban J connectivity index is 4.51. The van der Waals surface area contributed by atoms with Gasteiger partial charge in [-0.2, -0.15) is 0 Å². The lowest BCUT2D eigenvalue weighted by molar-refractivity contribution is -0.149. The molecule has 0 fully saturated rings. The minimum atomic E-state index is -0.899. The van der Waals surface area contributed by atoms with Crippen molar-refractivity contribution in [1.29, 1.82) is 0 Å². The van der Waals surface area contributed by atoms with Crippen molar-refractivity contribution >= 4 is 11.8 Å². The van der Waals surface area contributed by atoms with Gasteiger partial charge < -0.3 is 10.0 Å². The summed E-state index contributed by atoms with van der Waals surface area (Å²) in [6.07, 6.45) is 0. The van der Waals surface area contributed by atoms with E-state index in [4.69, 9.17) is 10.9 Å². The average Bonchev–Trinajstić information content (AvgIpc) is 2.14. The van der Waals surface area contributed by atoms with Gasteiger partial charge in [-0.25, -0.2) is 5.84 Å². The van der Waals surface area contributed by atoms with Crippen molar-refractivity contribution in [2.45, 2.75) is 19.4 Å². The number of hydrogen-bond acceptors (Lipinski definition) is 4. The lowest BCUT2D eigenvalue weighted by Gasteiger charge is -2.32. The maximum absolute atomic E-state index is 11.2. The van der Waals surface area contributed by atoms with Crippen LogP contribution in [0.3, 0.4) is 0 Å². The van der Waals surface area contributed by atoms with E-state index in [1.54, 1.807) is 19.3 Å². The van der Waals surface area contributed by atoms with Gasteiger partial charge in [-0.1, -0.05) is 0 Å². The number of amides is 2. The van der Waals surface area contributed by atoms with Crippen molar-refractivity contribution in [3.05, 3.63) is 0 Å². The van der Waals surface area contributed by atoms with Crippen LogP contribution in [0.2, 0.25) is 0 Å². The molecule has 6 heteroatoms. The van der Waals surface area contributed by atoms with E-state index in [1.807, 2.05) is 0 Å². The topological polar surface area (TPSA) is 95.7 Å². The molecule has 0 heterocycles. The van der Waals surface area contributed by atoms with Gasteiger partial charge in [-0.05, 0) is 13.8 Å². The number of hydrazine groups is 1. The van der Waals surface area contributed by atoms with E-state index < -0.39 is 17.4 Å². The number of aliphatic hydroxyl groups excluding tert-OH is 1. The van der Waals surface area contributed by atoms with Gasteiger partial charge in [-0.15, -0.1) is 0 Å². The average molecular weight is 189 g/mol. The normalized spacial score (nSPS) is 10.8. The van der Waals surface area contributed by atoms with Gasteiger partial charge in [-0.3, -0.25) is 15.0 Å². The van der Waals surface area contributed by atoms with E-state index in [2.05, 4.69) is 0 Å². The quantitative estimate of drug-likeness (QED) is 0.207. The summed E-state index contributed by atoms with van der Waals surface area (Å²) in [7, 11) is 1.42. The second-order valence-electron chi connectivity index (χ2n) is 3.31. The Morgan fingerprint density at radius 1 is 1.54 bits per heavy atom. The molecule has 0 aromatic heterocycles. The van der Waals surface area contributed by atoms with E-state index >= 15 is 0 Å². The first kappa shape index (κ1) is 11.9. The largest absolute Gasteiger partial charge is 0.394 e. The Labute approximate surface area is 76.7 Å². The second-order valence-corrected chi connectivity index (χ2v) is 3.31. The first-order chi connectivity index (χ1) is 5.86. The predicted molar refractivity (Wildman–Crippen MR) is 46.3 cm³/mol. The highest BCUT2D eigenvalue weighted by Gasteiger charge is 2.30. The van der Waals surface area contributed by atoms with E-state index in [-0.39, 0.29) is 6.61 Å². The standard InChI is InChI=1S/C7H15N3O3/c1-7(2,4-11)10(3)6(13)5(12)9-8/h11H,4,8H2,1-3H3,(H,9,12). The number of likely N-dealkylation sites (N-methyl/N-ethyl adjacent to an activating group) is 1. The van der Waals surface area contributed by atoms with Crippen molar-refractivity contribution in [3.63, 3.8) is 0 Å².